The lowest BCUT2D eigenvalue weighted by Gasteiger charge is -2.18. The number of hydrogen-bond acceptors (Lipinski definition) is 6. The third kappa shape index (κ3) is 68.0. The summed E-state index contributed by atoms with van der Waals surface area (Å²) in [4.78, 5) is 38.4. The quantitative estimate of drug-likeness (QED) is 0.0261. The summed E-state index contributed by atoms with van der Waals surface area (Å²) >= 11 is 0. The average Bonchev–Trinajstić information content (AvgIpc) is 3.49. The van der Waals surface area contributed by atoms with E-state index in [4.69, 9.17) is 14.2 Å². The maximum atomic E-state index is 13.0. The van der Waals surface area contributed by atoms with Gasteiger partial charge < -0.3 is 14.2 Å². The van der Waals surface area contributed by atoms with Crippen molar-refractivity contribution in [2.75, 3.05) is 13.2 Å². The minimum absolute atomic E-state index is 0.104. The van der Waals surface area contributed by atoms with Crippen molar-refractivity contribution < 1.29 is 28.6 Å². The van der Waals surface area contributed by atoms with Crippen molar-refractivity contribution in [1.82, 2.24) is 0 Å². The monoisotopic (exact) mass is 1150 g/mol. The van der Waals surface area contributed by atoms with Crippen LogP contribution in [-0.4, -0.2) is 37.2 Å². The predicted molar refractivity (Wildman–Crippen MR) is 362 cm³/mol. The van der Waals surface area contributed by atoms with Crippen LogP contribution in [0.4, 0.5) is 0 Å². The number of rotatable bonds is 61. The van der Waals surface area contributed by atoms with Crippen molar-refractivity contribution >= 4 is 17.9 Å². The molecule has 0 heterocycles. The topological polar surface area (TPSA) is 78.9 Å². The van der Waals surface area contributed by atoms with Gasteiger partial charge in [-0.25, -0.2) is 0 Å². The predicted octanol–water partition coefficient (Wildman–Crippen LogP) is 23.9. The number of ether oxygens (including phenoxy) is 3. The summed E-state index contributed by atoms with van der Waals surface area (Å²) in [6, 6.07) is 0. The molecule has 0 aromatic carbocycles. The Hall–Kier alpha value is -4.71. The zero-order valence-corrected chi connectivity index (χ0v) is 53.9. The molecule has 83 heavy (non-hydrogen) atoms. The largest absolute Gasteiger partial charge is 0.462 e. The van der Waals surface area contributed by atoms with Crippen LogP contribution in [0.25, 0.3) is 0 Å². The van der Waals surface area contributed by atoms with Crippen LogP contribution in [0.5, 0.6) is 0 Å². The van der Waals surface area contributed by atoms with Gasteiger partial charge in [0.15, 0.2) is 6.10 Å². The van der Waals surface area contributed by atoms with E-state index in [0.717, 1.165) is 141 Å². The highest BCUT2D eigenvalue weighted by Crippen LogP contribution is 2.16. The fraction of sp³-hybridized carbons (Fsp3) is 0.649. The highest BCUT2D eigenvalue weighted by Gasteiger charge is 2.19. The molecule has 0 bridgehead atoms. The first-order chi connectivity index (χ1) is 41.0. The third-order valence-corrected chi connectivity index (χ3v) is 14.3. The molecule has 0 N–H and O–H groups in total. The lowest BCUT2D eigenvalue weighted by atomic mass is 10.0. The number of unbranched alkanes of at least 4 members (excludes halogenated alkanes) is 26. The third-order valence-electron chi connectivity index (χ3n) is 14.3. The SMILES string of the molecule is CC/C=C\C/C=C\C/C=C\C/C=C\C/C=C\C/C=C\CCCCCCCCC(=O)OCC(COC(=O)CCCC/C=C\C/C=C\C/C=C\C/C=C\CC)OC(=O)CCCCCCCCCCCCCCC/C=C\C/C=C\CCCCCCC. The molecule has 0 aliphatic heterocycles. The molecule has 0 fully saturated rings. The minimum atomic E-state index is -0.810. The Bertz CT molecular complexity index is 1800. The molecule has 6 nitrogen and oxygen atoms in total. The van der Waals surface area contributed by atoms with Gasteiger partial charge in [-0.2, -0.15) is 0 Å². The molecule has 0 saturated heterocycles. The van der Waals surface area contributed by atoms with Crippen LogP contribution in [0.2, 0.25) is 0 Å². The van der Waals surface area contributed by atoms with Gasteiger partial charge in [-0.3, -0.25) is 14.4 Å². The van der Waals surface area contributed by atoms with Crippen molar-refractivity contribution in [3.8, 4) is 0 Å². The Morgan fingerprint density at radius 2 is 0.470 bits per heavy atom. The van der Waals surface area contributed by atoms with Crippen LogP contribution in [-0.2, 0) is 28.6 Å². The van der Waals surface area contributed by atoms with Crippen molar-refractivity contribution in [2.45, 2.75) is 309 Å². The van der Waals surface area contributed by atoms with Gasteiger partial charge in [0.25, 0.3) is 0 Å². The normalized spacial score (nSPS) is 13.0. The molecule has 0 saturated carbocycles. The maximum absolute atomic E-state index is 13.0. The summed E-state index contributed by atoms with van der Waals surface area (Å²) in [5.74, 6) is -0.956. The molecule has 0 radical (unpaired) electrons. The first-order valence-electron chi connectivity index (χ1n) is 34.3. The van der Waals surface area contributed by atoms with Gasteiger partial charge in [0, 0.05) is 19.3 Å². The highest BCUT2D eigenvalue weighted by atomic mass is 16.6. The summed E-state index contributed by atoms with van der Waals surface area (Å²) in [6.07, 6.45) is 100. The zero-order valence-electron chi connectivity index (χ0n) is 53.9. The summed E-state index contributed by atoms with van der Waals surface area (Å²) in [5.41, 5.74) is 0. The Morgan fingerprint density at radius 3 is 0.759 bits per heavy atom. The highest BCUT2D eigenvalue weighted by molar-refractivity contribution is 5.71. The smallest absolute Gasteiger partial charge is 0.306 e. The minimum Gasteiger partial charge on any atom is -0.462 e. The van der Waals surface area contributed by atoms with Gasteiger partial charge in [-0.15, -0.1) is 0 Å². The Kier molecular flexibility index (Phi) is 65.8. The molecule has 1 unspecified atom stereocenters. The second-order valence-corrected chi connectivity index (χ2v) is 22.3. The van der Waals surface area contributed by atoms with E-state index in [2.05, 4.69) is 167 Å². The van der Waals surface area contributed by atoms with E-state index in [1.54, 1.807) is 0 Å². The van der Waals surface area contributed by atoms with Crippen LogP contribution in [0.15, 0.2) is 146 Å². The molecule has 470 valence electrons. The van der Waals surface area contributed by atoms with Gasteiger partial charge in [0.1, 0.15) is 13.2 Å². The first-order valence-corrected chi connectivity index (χ1v) is 34.3. The van der Waals surface area contributed by atoms with Crippen molar-refractivity contribution in [2.24, 2.45) is 0 Å². The molecule has 0 aromatic rings. The lowest BCUT2D eigenvalue weighted by molar-refractivity contribution is -0.167. The molecule has 0 rings (SSSR count). The van der Waals surface area contributed by atoms with E-state index in [-0.39, 0.29) is 31.1 Å². The van der Waals surface area contributed by atoms with Crippen LogP contribution in [0.3, 0.4) is 0 Å². The van der Waals surface area contributed by atoms with Gasteiger partial charge in [0.05, 0.1) is 0 Å². The molecule has 6 heteroatoms. The molecule has 0 aromatic heterocycles. The molecule has 0 spiro atoms. The number of esters is 3. The Morgan fingerprint density at radius 1 is 0.253 bits per heavy atom. The summed E-state index contributed by atoms with van der Waals surface area (Å²) in [6.45, 7) is 6.37. The fourth-order valence-corrected chi connectivity index (χ4v) is 9.23. The van der Waals surface area contributed by atoms with Crippen molar-refractivity contribution in [3.63, 3.8) is 0 Å². The second-order valence-electron chi connectivity index (χ2n) is 22.3. The van der Waals surface area contributed by atoms with Crippen LogP contribution in [0, 0.1) is 0 Å². The fourth-order valence-electron chi connectivity index (χ4n) is 9.23. The standard InChI is InChI=1S/C77H126O6/c1-4-7-10-13-16-19-22-25-28-30-32-34-36-38-40-42-44-46-49-52-55-58-61-64-67-70-76(79)82-73-74(72-81-75(78)69-66-63-60-57-54-51-48-27-24-21-18-15-12-9-6-3)83-77(80)71-68-65-62-59-56-53-50-47-45-43-41-39-37-35-33-31-29-26-23-20-17-14-11-8-5-2/h7,9-10,12,16,18-19,21,23,25-28,31-34,38,40,44,46,48,54,57,74H,4-6,8,11,13-15,17,20,22,24,29-30,35-37,39,41-43,45,47,49-53,55-56,58-73H2,1-3H3/b10-7-,12-9-,19-16-,21-18-,26-23-,28-25-,33-31-,34-32-,40-38-,46-44-,48-27-,57-54-. The van der Waals surface area contributed by atoms with E-state index in [0.29, 0.717) is 19.3 Å². The number of carbonyl (C=O) groups is 3. The van der Waals surface area contributed by atoms with E-state index in [1.165, 1.54) is 122 Å². The lowest BCUT2D eigenvalue weighted by Crippen LogP contribution is -2.30. The van der Waals surface area contributed by atoms with E-state index < -0.39 is 6.10 Å². The van der Waals surface area contributed by atoms with Gasteiger partial charge >= 0.3 is 17.9 Å². The summed E-state index contributed by atoms with van der Waals surface area (Å²) in [7, 11) is 0. The molecular weight excluding hydrogens is 1020 g/mol. The van der Waals surface area contributed by atoms with E-state index in [1.807, 2.05) is 0 Å². The van der Waals surface area contributed by atoms with Crippen molar-refractivity contribution in [1.29, 1.82) is 0 Å². The van der Waals surface area contributed by atoms with Crippen molar-refractivity contribution in [3.05, 3.63) is 146 Å². The number of allylic oxidation sites excluding steroid dienone is 24. The van der Waals surface area contributed by atoms with Crippen LogP contribution in [0.1, 0.15) is 303 Å². The van der Waals surface area contributed by atoms with Crippen LogP contribution >= 0.6 is 0 Å². The summed E-state index contributed by atoms with van der Waals surface area (Å²) < 4.78 is 16.9. The molecule has 0 aliphatic rings. The first kappa shape index (κ1) is 78.3. The molecule has 0 aliphatic carbocycles. The van der Waals surface area contributed by atoms with Crippen LogP contribution < -0.4 is 0 Å². The van der Waals surface area contributed by atoms with Gasteiger partial charge in [0.2, 0.25) is 0 Å². The number of carbonyl (C=O) groups excluding carboxylic acids is 3. The average molecular weight is 1150 g/mol. The second kappa shape index (κ2) is 69.8. The summed E-state index contributed by atoms with van der Waals surface area (Å²) in [5, 5.41) is 0. The van der Waals surface area contributed by atoms with Gasteiger partial charge in [-0.1, -0.05) is 289 Å². The molecule has 1 atom stereocenters. The van der Waals surface area contributed by atoms with E-state index in [9.17, 15) is 14.4 Å². The Labute approximate surface area is 512 Å². The maximum Gasteiger partial charge on any atom is 0.306 e. The Balaban J connectivity index is 4.42. The number of hydrogen-bond donors (Lipinski definition) is 0. The zero-order chi connectivity index (χ0) is 59.9. The molecular formula is C77H126O6. The van der Waals surface area contributed by atoms with E-state index >= 15 is 0 Å². The van der Waals surface area contributed by atoms with Gasteiger partial charge in [-0.05, 0) is 141 Å². The molecule has 0 amide bonds.